The van der Waals surface area contributed by atoms with E-state index >= 15 is 0 Å². The summed E-state index contributed by atoms with van der Waals surface area (Å²) in [5.41, 5.74) is 2.59. The van der Waals surface area contributed by atoms with Gasteiger partial charge in [-0.2, -0.15) is 5.10 Å². The molecule has 0 spiro atoms. The maximum absolute atomic E-state index is 12.5. The molecule has 1 saturated heterocycles. The van der Waals surface area contributed by atoms with E-state index in [0.29, 0.717) is 31.5 Å². The van der Waals surface area contributed by atoms with Crippen molar-refractivity contribution >= 4 is 15.7 Å². The fraction of sp³-hybridized carbons (Fsp3) is 0.444. The van der Waals surface area contributed by atoms with Gasteiger partial charge in [-0.3, -0.25) is 9.48 Å². The third-order valence-corrected chi connectivity index (χ3v) is 6.42. The number of aromatic nitrogens is 2. The van der Waals surface area contributed by atoms with Gasteiger partial charge in [0.15, 0.2) is 9.84 Å². The number of hydrogen-bond donors (Lipinski definition) is 1. The molecule has 2 aromatic rings. The summed E-state index contributed by atoms with van der Waals surface area (Å²) in [5.74, 6) is 0.225. The number of nitrogens with one attached hydrogen (secondary N) is 1. The lowest BCUT2D eigenvalue weighted by molar-refractivity contribution is 0.0947. The summed E-state index contributed by atoms with van der Waals surface area (Å²) < 4.78 is 24.9. The molecule has 1 unspecified atom stereocenters. The van der Waals surface area contributed by atoms with Crippen molar-refractivity contribution in [3.8, 4) is 0 Å². The average Bonchev–Trinajstić information content (AvgIpc) is 3.16. The van der Waals surface area contributed by atoms with Gasteiger partial charge in [0.2, 0.25) is 0 Å². The molecule has 1 amide bonds. The molecule has 134 valence electrons. The Labute approximate surface area is 148 Å². The molecule has 0 radical (unpaired) electrons. The van der Waals surface area contributed by atoms with E-state index < -0.39 is 9.84 Å². The number of benzene rings is 1. The van der Waals surface area contributed by atoms with E-state index in [2.05, 4.69) is 10.4 Å². The fourth-order valence-corrected chi connectivity index (χ4v) is 5.09. The first-order chi connectivity index (χ1) is 12.0. The Morgan fingerprint density at radius 2 is 2.08 bits per heavy atom. The van der Waals surface area contributed by atoms with Gasteiger partial charge in [0, 0.05) is 6.54 Å². The number of nitrogens with zero attached hydrogens (tertiary/aromatic N) is 2. The van der Waals surface area contributed by atoms with Gasteiger partial charge < -0.3 is 5.32 Å². The largest absolute Gasteiger partial charge is 0.352 e. The van der Waals surface area contributed by atoms with Crippen molar-refractivity contribution in [2.75, 3.05) is 18.1 Å². The first-order valence-electron chi connectivity index (χ1n) is 8.55. The van der Waals surface area contributed by atoms with Gasteiger partial charge in [0.05, 0.1) is 35.5 Å². The molecule has 3 rings (SSSR count). The second-order valence-corrected chi connectivity index (χ2v) is 8.71. The van der Waals surface area contributed by atoms with Crippen LogP contribution in [0.3, 0.4) is 0 Å². The topological polar surface area (TPSA) is 81.1 Å². The molecule has 2 heterocycles. The van der Waals surface area contributed by atoms with Gasteiger partial charge in [0.1, 0.15) is 0 Å². The predicted octanol–water partition coefficient (Wildman–Crippen LogP) is 1.66. The summed E-state index contributed by atoms with van der Waals surface area (Å²) in [6.45, 7) is 3.02. The minimum atomic E-state index is -2.92. The van der Waals surface area contributed by atoms with Crippen LogP contribution in [0.1, 0.15) is 35.0 Å². The fourth-order valence-electron chi connectivity index (χ4n) is 3.23. The molecule has 1 aliphatic heterocycles. The predicted molar refractivity (Wildman–Crippen MR) is 96.2 cm³/mol. The molecule has 6 nitrogen and oxygen atoms in total. The van der Waals surface area contributed by atoms with Gasteiger partial charge in [-0.1, -0.05) is 37.3 Å². The van der Waals surface area contributed by atoms with E-state index in [-0.39, 0.29) is 23.3 Å². The molecular weight excluding hydrogens is 338 g/mol. The van der Waals surface area contributed by atoms with Crippen LogP contribution in [-0.2, 0) is 22.8 Å². The molecule has 0 saturated carbocycles. The Morgan fingerprint density at radius 3 is 2.72 bits per heavy atom. The minimum absolute atomic E-state index is 0.0124. The molecule has 0 bridgehead atoms. The first kappa shape index (κ1) is 17.7. The van der Waals surface area contributed by atoms with E-state index in [1.54, 1.807) is 6.20 Å². The smallest absolute Gasteiger partial charge is 0.254 e. The molecule has 1 aromatic carbocycles. The van der Waals surface area contributed by atoms with Crippen LogP contribution in [0.15, 0.2) is 36.5 Å². The maximum atomic E-state index is 12.5. The first-order valence-corrected chi connectivity index (χ1v) is 10.4. The quantitative estimate of drug-likeness (QED) is 0.848. The highest BCUT2D eigenvalue weighted by Gasteiger charge is 2.28. The van der Waals surface area contributed by atoms with Gasteiger partial charge in [0.25, 0.3) is 5.91 Å². The number of carbonyl (C=O) groups is 1. The summed E-state index contributed by atoms with van der Waals surface area (Å²) in [7, 11) is -2.92. The molecule has 1 N–H and O–H groups in total. The van der Waals surface area contributed by atoms with Crippen molar-refractivity contribution in [1.29, 1.82) is 0 Å². The lowest BCUT2D eigenvalue weighted by atomic mass is 10.1. The van der Waals surface area contributed by atoms with Gasteiger partial charge >= 0.3 is 0 Å². The highest BCUT2D eigenvalue weighted by molar-refractivity contribution is 7.91. The van der Waals surface area contributed by atoms with Crippen molar-refractivity contribution in [2.45, 2.75) is 26.3 Å². The zero-order chi connectivity index (χ0) is 17.9. The number of carbonyl (C=O) groups excluding carboxylic acids is 1. The summed E-state index contributed by atoms with van der Waals surface area (Å²) >= 11 is 0. The van der Waals surface area contributed by atoms with Crippen LogP contribution in [0.2, 0.25) is 0 Å². The van der Waals surface area contributed by atoms with Crippen molar-refractivity contribution in [1.82, 2.24) is 15.1 Å². The van der Waals surface area contributed by atoms with Crippen molar-refractivity contribution < 1.29 is 13.2 Å². The van der Waals surface area contributed by atoms with E-state index in [1.807, 2.05) is 41.9 Å². The zero-order valence-electron chi connectivity index (χ0n) is 14.3. The number of rotatable bonds is 6. The summed E-state index contributed by atoms with van der Waals surface area (Å²) in [6.07, 6.45) is 2.92. The highest BCUT2D eigenvalue weighted by Crippen LogP contribution is 2.18. The van der Waals surface area contributed by atoms with Crippen LogP contribution < -0.4 is 5.32 Å². The van der Waals surface area contributed by atoms with Gasteiger partial charge in [-0.25, -0.2) is 8.42 Å². The monoisotopic (exact) mass is 361 g/mol. The third-order valence-electron chi connectivity index (χ3n) is 4.58. The standard InChI is InChI=1S/C18H23N3O3S/c1-2-17-16(11-20-21(17)12-14-6-4-3-5-7-14)18(22)19-10-15-8-9-25(23,24)13-15/h3-7,11,15H,2,8-10,12-13H2,1H3,(H,19,22). The van der Waals surface area contributed by atoms with E-state index in [4.69, 9.17) is 0 Å². The van der Waals surface area contributed by atoms with Gasteiger partial charge in [-0.05, 0) is 24.3 Å². The zero-order valence-corrected chi connectivity index (χ0v) is 15.1. The molecule has 1 atom stereocenters. The number of hydrogen-bond acceptors (Lipinski definition) is 4. The van der Waals surface area contributed by atoms with Crippen molar-refractivity contribution in [3.63, 3.8) is 0 Å². The van der Waals surface area contributed by atoms with Crippen LogP contribution in [0.25, 0.3) is 0 Å². The molecule has 25 heavy (non-hydrogen) atoms. The maximum Gasteiger partial charge on any atom is 0.254 e. The highest BCUT2D eigenvalue weighted by atomic mass is 32.2. The Balaban J connectivity index is 1.66. The average molecular weight is 361 g/mol. The summed E-state index contributed by atoms with van der Waals surface area (Å²) in [6, 6.07) is 9.99. The van der Waals surface area contributed by atoms with Gasteiger partial charge in [-0.15, -0.1) is 0 Å². The van der Waals surface area contributed by atoms with Crippen LogP contribution in [-0.4, -0.2) is 42.2 Å². The van der Waals surface area contributed by atoms with E-state index in [0.717, 1.165) is 11.3 Å². The second kappa shape index (κ2) is 7.39. The Kier molecular flexibility index (Phi) is 5.22. The lowest BCUT2D eigenvalue weighted by Crippen LogP contribution is -2.30. The lowest BCUT2D eigenvalue weighted by Gasteiger charge is -2.11. The Morgan fingerprint density at radius 1 is 1.32 bits per heavy atom. The van der Waals surface area contributed by atoms with E-state index in [9.17, 15) is 13.2 Å². The molecular formula is C18H23N3O3S. The van der Waals surface area contributed by atoms with Crippen molar-refractivity contribution in [2.24, 2.45) is 5.92 Å². The van der Waals surface area contributed by atoms with Crippen LogP contribution in [0, 0.1) is 5.92 Å². The molecule has 1 aromatic heterocycles. The second-order valence-electron chi connectivity index (χ2n) is 6.48. The third kappa shape index (κ3) is 4.28. The summed E-state index contributed by atoms with van der Waals surface area (Å²) in [5, 5.41) is 7.24. The summed E-state index contributed by atoms with van der Waals surface area (Å²) in [4.78, 5) is 12.5. The molecule has 1 fully saturated rings. The molecule has 0 aliphatic carbocycles. The Bertz CT molecular complexity index is 844. The number of sulfone groups is 1. The van der Waals surface area contributed by atoms with Crippen LogP contribution in [0.4, 0.5) is 0 Å². The molecule has 7 heteroatoms. The normalized spacial score (nSPS) is 19.0. The number of amides is 1. The van der Waals surface area contributed by atoms with E-state index in [1.165, 1.54) is 0 Å². The van der Waals surface area contributed by atoms with Crippen molar-refractivity contribution in [3.05, 3.63) is 53.3 Å². The van der Waals surface area contributed by atoms with Crippen LogP contribution in [0.5, 0.6) is 0 Å². The Hall–Kier alpha value is -2.15. The minimum Gasteiger partial charge on any atom is -0.352 e. The SMILES string of the molecule is CCc1c(C(=O)NCC2CCS(=O)(=O)C2)cnn1Cc1ccccc1. The molecule has 1 aliphatic rings. The van der Waals surface area contributed by atoms with Crippen LogP contribution >= 0.6 is 0 Å².